The number of anilines is 1. The third kappa shape index (κ3) is 4.52. The van der Waals surface area contributed by atoms with Gasteiger partial charge >= 0.3 is 0 Å². The number of benzene rings is 3. The Morgan fingerprint density at radius 2 is 1.69 bits per heavy atom. The van der Waals surface area contributed by atoms with Gasteiger partial charge in [0.05, 0.1) is 21.6 Å². The van der Waals surface area contributed by atoms with Gasteiger partial charge in [0.25, 0.3) is 17.2 Å². The Morgan fingerprint density at radius 1 is 1.00 bits per heavy atom. The molecule has 2 heterocycles. The highest BCUT2D eigenvalue weighted by atomic mass is 19.1. The molecule has 4 aromatic rings. The number of halogens is 1. The number of carbonyl (C=O) groups excluding carboxylic acids is 1. The average Bonchev–Trinajstić information content (AvgIpc) is 2.91. The van der Waals surface area contributed by atoms with Crippen LogP contribution in [0.2, 0.25) is 0 Å². The number of hydrogen-bond donors (Lipinski definition) is 1. The average molecular weight is 487 g/mol. The number of aromatic nitrogens is 2. The largest absolute Gasteiger partial charge is 0.368 e. The van der Waals surface area contributed by atoms with Crippen LogP contribution in [0.1, 0.15) is 21.6 Å². The quantitative estimate of drug-likeness (QED) is 0.341. The van der Waals surface area contributed by atoms with Crippen molar-refractivity contribution < 1.29 is 14.1 Å². The van der Waals surface area contributed by atoms with E-state index in [4.69, 9.17) is 0 Å². The minimum Gasteiger partial charge on any atom is -0.368 e. The van der Waals surface area contributed by atoms with Crippen LogP contribution in [0.25, 0.3) is 10.8 Å². The van der Waals surface area contributed by atoms with Crippen LogP contribution >= 0.6 is 0 Å². The van der Waals surface area contributed by atoms with Crippen molar-refractivity contribution in [1.82, 2.24) is 15.1 Å². The van der Waals surface area contributed by atoms with E-state index < -0.39 is 16.6 Å². The smallest absolute Gasteiger partial charge is 0.272 e. The maximum absolute atomic E-state index is 14.7. The van der Waals surface area contributed by atoms with Gasteiger partial charge in [-0.05, 0) is 35.9 Å². The van der Waals surface area contributed by atoms with Gasteiger partial charge in [-0.25, -0.2) is 9.49 Å². The zero-order valence-corrected chi connectivity index (χ0v) is 19.2. The number of rotatable bonds is 5. The van der Waals surface area contributed by atoms with Gasteiger partial charge in [0.15, 0.2) is 0 Å². The fraction of sp³-hybridized carbons (Fsp3) is 0.192. The Labute approximate surface area is 204 Å². The summed E-state index contributed by atoms with van der Waals surface area (Å²) in [7, 11) is 0. The topological polar surface area (TPSA) is 112 Å². The fourth-order valence-corrected chi connectivity index (χ4v) is 4.47. The molecule has 0 spiro atoms. The molecule has 1 fully saturated rings. The summed E-state index contributed by atoms with van der Waals surface area (Å²) >= 11 is 0. The summed E-state index contributed by atoms with van der Waals surface area (Å²) in [5, 5.41) is 18.8. The van der Waals surface area contributed by atoms with E-state index in [1.54, 1.807) is 41.3 Å². The van der Waals surface area contributed by atoms with E-state index in [9.17, 15) is 24.1 Å². The van der Waals surface area contributed by atoms with Crippen molar-refractivity contribution in [3.63, 3.8) is 0 Å². The van der Waals surface area contributed by atoms with Gasteiger partial charge < -0.3 is 9.80 Å². The Morgan fingerprint density at radius 3 is 2.39 bits per heavy atom. The van der Waals surface area contributed by atoms with E-state index >= 15 is 0 Å². The molecule has 1 aliphatic heterocycles. The van der Waals surface area contributed by atoms with Gasteiger partial charge in [-0.1, -0.05) is 24.3 Å². The molecule has 1 N–H and O–H groups in total. The number of H-pyrrole nitrogens is 1. The van der Waals surface area contributed by atoms with Crippen LogP contribution in [0.3, 0.4) is 0 Å². The Balaban J connectivity index is 1.31. The lowest BCUT2D eigenvalue weighted by Crippen LogP contribution is -2.49. The molecule has 0 unspecified atom stereocenters. The van der Waals surface area contributed by atoms with Crippen molar-refractivity contribution in [2.75, 3.05) is 31.1 Å². The molecule has 0 bridgehead atoms. The minimum absolute atomic E-state index is 0.00924. The first-order valence-corrected chi connectivity index (χ1v) is 11.4. The molecular weight excluding hydrogens is 465 g/mol. The van der Waals surface area contributed by atoms with Crippen LogP contribution in [-0.2, 0) is 6.42 Å². The zero-order valence-electron chi connectivity index (χ0n) is 19.2. The molecule has 0 saturated carbocycles. The summed E-state index contributed by atoms with van der Waals surface area (Å²) in [4.78, 5) is 39.3. The molecule has 182 valence electrons. The number of fused-ring (bicyclic) bond motifs is 1. The Bertz CT molecular complexity index is 1510. The van der Waals surface area contributed by atoms with Crippen LogP contribution in [0.15, 0.2) is 71.5 Å². The highest BCUT2D eigenvalue weighted by Gasteiger charge is 2.25. The summed E-state index contributed by atoms with van der Waals surface area (Å²) in [6.07, 6.45) is 0.325. The second kappa shape index (κ2) is 9.57. The van der Waals surface area contributed by atoms with Crippen molar-refractivity contribution in [2.24, 2.45) is 0 Å². The third-order valence-electron chi connectivity index (χ3n) is 6.40. The molecule has 1 aromatic heterocycles. The van der Waals surface area contributed by atoms with E-state index in [1.807, 2.05) is 17.0 Å². The van der Waals surface area contributed by atoms with E-state index in [0.29, 0.717) is 54.6 Å². The van der Waals surface area contributed by atoms with E-state index in [1.165, 1.54) is 18.2 Å². The number of hydrogen-bond acceptors (Lipinski definition) is 6. The van der Waals surface area contributed by atoms with Crippen molar-refractivity contribution in [1.29, 1.82) is 0 Å². The van der Waals surface area contributed by atoms with Crippen molar-refractivity contribution in [3.8, 4) is 0 Å². The normalized spacial score (nSPS) is 13.7. The Hall–Kier alpha value is -4.60. The number of nitro benzene ring substituents is 1. The molecule has 0 radical (unpaired) electrons. The maximum atomic E-state index is 14.7. The number of amides is 1. The molecule has 5 rings (SSSR count). The molecule has 1 aliphatic rings. The monoisotopic (exact) mass is 487 g/mol. The first kappa shape index (κ1) is 23.2. The first-order chi connectivity index (χ1) is 17.4. The fourth-order valence-electron chi connectivity index (χ4n) is 4.47. The lowest BCUT2D eigenvalue weighted by atomic mass is 10.0. The number of piperazine rings is 1. The molecule has 1 saturated heterocycles. The van der Waals surface area contributed by atoms with Crippen LogP contribution < -0.4 is 10.5 Å². The molecule has 9 nitrogen and oxygen atoms in total. The van der Waals surface area contributed by atoms with Gasteiger partial charge in [0, 0.05) is 55.8 Å². The number of nitrogens with zero attached hydrogens (tertiary/aromatic N) is 4. The molecule has 3 aromatic carbocycles. The summed E-state index contributed by atoms with van der Waals surface area (Å²) in [6, 6.07) is 17.8. The van der Waals surface area contributed by atoms with Crippen LogP contribution in [-0.4, -0.2) is 52.1 Å². The van der Waals surface area contributed by atoms with Gasteiger partial charge in [-0.2, -0.15) is 5.10 Å². The molecule has 0 atom stereocenters. The standard InChI is InChI=1S/C26H22FN5O4/c27-23-10-5-17(16-24-20-3-1-2-4-21(20)25(33)29-28-24)15-22(23)26(34)31-13-11-30(12-14-31)18-6-8-19(9-7-18)32(35)36/h1-10,15H,11-14,16H2,(H,29,33). The minimum atomic E-state index is -0.596. The summed E-state index contributed by atoms with van der Waals surface area (Å²) in [5.74, 6) is -0.988. The van der Waals surface area contributed by atoms with Crippen LogP contribution in [0.5, 0.6) is 0 Å². The van der Waals surface area contributed by atoms with Gasteiger partial charge in [-0.3, -0.25) is 19.7 Å². The number of carbonyl (C=O) groups is 1. The highest BCUT2D eigenvalue weighted by molar-refractivity contribution is 5.95. The molecular formula is C26H22FN5O4. The predicted octanol–water partition coefficient (Wildman–Crippen LogP) is 3.52. The number of aromatic amines is 1. The van der Waals surface area contributed by atoms with E-state index in [2.05, 4.69) is 10.2 Å². The molecule has 10 heteroatoms. The predicted molar refractivity (Wildman–Crippen MR) is 133 cm³/mol. The van der Waals surface area contributed by atoms with Crippen LogP contribution in [0.4, 0.5) is 15.8 Å². The molecule has 1 amide bonds. The number of non-ortho nitro benzene ring substituents is 1. The van der Waals surface area contributed by atoms with Gasteiger partial charge in [0.1, 0.15) is 5.82 Å². The number of nitro groups is 1. The van der Waals surface area contributed by atoms with E-state index in [-0.39, 0.29) is 16.8 Å². The summed E-state index contributed by atoms with van der Waals surface area (Å²) < 4.78 is 14.7. The molecule has 0 aliphatic carbocycles. The number of nitrogens with one attached hydrogen (secondary N) is 1. The van der Waals surface area contributed by atoms with Gasteiger partial charge in [-0.15, -0.1) is 0 Å². The van der Waals surface area contributed by atoms with Crippen LogP contribution in [0, 0.1) is 15.9 Å². The second-order valence-corrected chi connectivity index (χ2v) is 8.59. The van der Waals surface area contributed by atoms with Crippen molar-refractivity contribution >= 4 is 28.1 Å². The molecule has 36 heavy (non-hydrogen) atoms. The second-order valence-electron chi connectivity index (χ2n) is 8.59. The first-order valence-electron chi connectivity index (χ1n) is 11.4. The third-order valence-corrected chi connectivity index (χ3v) is 6.40. The van der Waals surface area contributed by atoms with Crippen molar-refractivity contribution in [3.05, 3.63) is 110 Å². The maximum Gasteiger partial charge on any atom is 0.272 e. The Kier molecular flexibility index (Phi) is 6.16. The summed E-state index contributed by atoms with van der Waals surface area (Å²) in [5.41, 5.74) is 1.90. The van der Waals surface area contributed by atoms with E-state index in [0.717, 1.165) is 5.69 Å². The zero-order chi connectivity index (χ0) is 25.2. The van der Waals surface area contributed by atoms with Crippen molar-refractivity contribution in [2.45, 2.75) is 6.42 Å². The SMILES string of the molecule is O=C(c1cc(Cc2n[nH]c(=O)c3ccccc23)ccc1F)N1CCN(c2ccc([N+](=O)[O-])cc2)CC1. The summed E-state index contributed by atoms with van der Waals surface area (Å²) in [6.45, 7) is 1.84. The lowest BCUT2D eigenvalue weighted by Gasteiger charge is -2.36. The lowest BCUT2D eigenvalue weighted by molar-refractivity contribution is -0.384. The van der Waals surface area contributed by atoms with Gasteiger partial charge in [0.2, 0.25) is 0 Å². The highest BCUT2D eigenvalue weighted by Crippen LogP contribution is 2.23.